The van der Waals surface area contributed by atoms with Crippen LogP contribution in [0.5, 0.6) is 0 Å². The van der Waals surface area contributed by atoms with Crippen molar-refractivity contribution >= 4 is 34.0 Å². The summed E-state index contributed by atoms with van der Waals surface area (Å²) in [5.74, 6) is 0. The highest BCUT2D eigenvalue weighted by molar-refractivity contribution is 7.17. The lowest BCUT2D eigenvalue weighted by molar-refractivity contribution is 0.00578. The van der Waals surface area contributed by atoms with Crippen molar-refractivity contribution < 1.29 is 9.31 Å². The molecule has 0 saturated carbocycles. The first-order chi connectivity index (χ1) is 8.82. The van der Waals surface area contributed by atoms with E-state index in [0.717, 1.165) is 0 Å². The second-order valence-electron chi connectivity index (χ2n) is 6.22. The van der Waals surface area contributed by atoms with Crippen molar-refractivity contribution in [3.63, 3.8) is 0 Å². The smallest absolute Gasteiger partial charge is 0.399 e. The van der Waals surface area contributed by atoms with Gasteiger partial charge < -0.3 is 9.31 Å². The van der Waals surface area contributed by atoms with Gasteiger partial charge in [0.2, 0.25) is 0 Å². The number of hydrogen-bond donors (Lipinski definition) is 0. The van der Waals surface area contributed by atoms with E-state index in [4.69, 9.17) is 9.31 Å². The van der Waals surface area contributed by atoms with Crippen LogP contribution >= 0.6 is 11.3 Å². The molecule has 0 bridgehead atoms. The van der Waals surface area contributed by atoms with E-state index in [1.54, 1.807) is 11.3 Å². The predicted molar refractivity (Wildman–Crippen MR) is 82.3 cm³/mol. The van der Waals surface area contributed by atoms with Crippen LogP contribution in [0.1, 0.15) is 33.3 Å². The van der Waals surface area contributed by atoms with Gasteiger partial charge in [-0.15, -0.1) is 11.3 Å². The van der Waals surface area contributed by atoms with Crippen LogP contribution in [-0.2, 0) is 9.31 Å². The molecule has 0 amide bonds. The fourth-order valence-corrected chi connectivity index (χ4v) is 3.25. The first-order valence-electron chi connectivity index (χ1n) is 6.64. The lowest BCUT2D eigenvalue weighted by Crippen LogP contribution is -2.41. The Kier molecular flexibility index (Phi) is 2.82. The van der Waals surface area contributed by atoms with Gasteiger partial charge in [-0.2, -0.15) is 0 Å². The average Bonchev–Trinajstić information content (AvgIpc) is 2.81. The second kappa shape index (κ2) is 4.08. The third-order valence-electron chi connectivity index (χ3n) is 4.38. The highest BCUT2D eigenvalue weighted by atomic mass is 32.1. The molecule has 1 aliphatic rings. The largest absolute Gasteiger partial charge is 0.495 e. The fraction of sp³-hybridized carbons (Fsp3) is 0.467. The van der Waals surface area contributed by atoms with Gasteiger partial charge in [0.25, 0.3) is 0 Å². The Balaban J connectivity index is 2.12. The van der Waals surface area contributed by atoms with Crippen molar-refractivity contribution in [3.05, 3.63) is 29.1 Å². The SMILES string of the molecule is Cc1ccc2sccc2c1B1OC(C)(C)C(C)(C)O1. The summed E-state index contributed by atoms with van der Waals surface area (Å²) < 4.78 is 13.7. The summed E-state index contributed by atoms with van der Waals surface area (Å²) in [4.78, 5) is 0. The molecule has 0 unspecified atom stereocenters. The van der Waals surface area contributed by atoms with Crippen LogP contribution in [0.4, 0.5) is 0 Å². The Morgan fingerprint density at radius 1 is 1.00 bits per heavy atom. The maximum Gasteiger partial charge on any atom is 0.495 e. The van der Waals surface area contributed by atoms with Gasteiger partial charge in [-0.3, -0.25) is 0 Å². The van der Waals surface area contributed by atoms with E-state index in [0.29, 0.717) is 0 Å². The monoisotopic (exact) mass is 274 g/mol. The van der Waals surface area contributed by atoms with Crippen molar-refractivity contribution in [2.24, 2.45) is 0 Å². The molecule has 19 heavy (non-hydrogen) atoms. The Labute approximate surface area is 118 Å². The highest BCUT2D eigenvalue weighted by Gasteiger charge is 2.52. The number of benzene rings is 1. The molecule has 1 aromatic carbocycles. The van der Waals surface area contributed by atoms with Crippen molar-refractivity contribution in [1.29, 1.82) is 0 Å². The third-order valence-corrected chi connectivity index (χ3v) is 5.27. The number of rotatable bonds is 1. The van der Waals surface area contributed by atoms with Crippen molar-refractivity contribution in [3.8, 4) is 0 Å². The molecule has 1 saturated heterocycles. The zero-order valence-electron chi connectivity index (χ0n) is 12.1. The van der Waals surface area contributed by atoms with Gasteiger partial charge in [-0.1, -0.05) is 11.6 Å². The molecule has 4 heteroatoms. The summed E-state index contributed by atoms with van der Waals surface area (Å²) in [5, 5.41) is 3.38. The maximum atomic E-state index is 6.19. The number of aryl methyl sites for hydroxylation is 1. The summed E-state index contributed by atoms with van der Waals surface area (Å²) in [7, 11) is -0.275. The van der Waals surface area contributed by atoms with Crippen LogP contribution in [0.15, 0.2) is 23.6 Å². The van der Waals surface area contributed by atoms with Crippen LogP contribution < -0.4 is 5.46 Å². The summed E-state index contributed by atoms with van der Waals surface area (Å²) in [6.45, 7) is 10.5. The molecule has 0 radical (unpaired) electrons. The fourth-order valence-electron chi connectivity index (χ4n) is 2.45. The topological polar surface area (TPSA) is 18.5 Å². The Bertz CT molecular complexity index is 614. The molecule has 2 aromatic rings. The Morgan fingerprint density at radius 2 is 1.63 bits per heavy atom. The van der Waals surface area contributed by atoms with E-state index < -0.39 is 0 Å². The minimum absolute atomic E-state index is 0.275. The Morgan fingerprint density at radius 3 is 2.26 bits per heavy atom. The summed E-state index contributed by atoms with van der Waals surface area (Å²) in [6.07, 6.45) is 0. The predicted octanol–water partition coefficient (Wildman–Crippen LogP) is 3.51. The minimum atomic E-state index is -0.289. The molecule has 0 spiro atoms. The van der Waals surface area contributed by atoms with Gasteiger partial charge in [0.15, 0.2) is 0 Å². The van der Waals surface area contributed by atoms with Gasteiger partial charge in [0.1, 0.15) is 0 Å². The molecule has 1 fully saturated rings. The normalized spacial score (nSPS) is 21.2. The molecular weight excluding hydrogens is 255 g/mol. The minimum Gasteiger partial charge on any atom is -0.399 e. The zero-order chi connectivity index (χ0) is 13.8. The average molecular weight is 274 g/mol. The van der Waals surface area contributed by atoms with Crippen LogP contribution in [0.25, 0.3) is 10.1 Å². The van der Waals surface area contributed by atoms with Crippen LogP contribution in [-0.4, -0.2) is 18.3 Å². The molecule has 2 heterocycles. The van der Waals surface area contributed by atoms with Gasteiger partial charge in [0, 0.05) is 4.70 Å². The lowest BCUT2D eigenvalue weighted by atomic mass is 9.74. The molecule has 3 rings (SSSR count). The molecule has 0 atom stereocenters. The highest BCUT2D eigenvalue weighted by Crippen LogP contribution is 2.37. The standard InChI is InChI=1S/C15H19BO2S/c1-10-6-7-12-11(8-9-19-12)13(10)16-17-14(2,3)15(4,5)18-16/h6-9H,1-5H3. The van der Waals surface area contributed by atoms with E-state index in [1.165, 1.54) is 21.1 Å². The first-order valence-corrected chi connectivity index (χ1v) is 7.52. The number of hydrogen-bond acceptors (Lipinski definition) is 3. The van der Waals surface area contributed by atoms with E-state index in [-0.39, 0.29) is 18.3 Å². The van der Waals surface area contributed by atoms with Crippen molar-refractivity contribution in [2.75, 3.05) is 0 Å². The lowest BCUT2D eigenvalue weighted by Gasteiger charge is -2.32. The quantitative estimate of drug-likeness (QED) is 0.741. The van der Waals surface area contributed by atoms with Gasteiger partial charge in [-0.25, -0.2) is 0 Å². The van der Waals surface area contributed by atoms with Crippen LogP contribution in [0, 0.1) is 6.92 Å². The Hall–Kier alpha value is -0.835. The van der Waals surface area contributed by atoms with Crippen LogP contribution in [0.3, 0.4) is 0 Å². The summed E-state index contributed by atoms with van der Waals surface area (Å²) >= 11 is 1.76. The third kappa shape index (κ3) is 1.94. The zero-order valence-corrected chi connectivity index (χ0v) is 12.9. The van der Waals surface area contributed by atoms with E-state index in [1.807, 2.05) is 0 Å². The molecule has 0 N–H and O–H groups in total. The van der Waals surface area contributed by atoms with Crippen LogP contribution in [0.2, 0.25) is 0 Å². The van der Waals surface area contributed by atoms with Crippen molar-refractivity contribution in [2.45, 2.75) is 45.8 Å². The summed E-state index contributed by atoms with van der Waals surface area (Å²) in [6, 6.07) is 6.48. The van der Waals surface area contributed by atoms with Gasteiger partial charge >= 0.3 is 7.12 Å². The maximum absolute atomic E-state index is 6.19. The van der Waals surface area contributed by atoms with E-state index in [9.17, 15) is 0 Å². The summed E-state index contributed by atoms with van der Waals surface area (Å²) in [5.41, 5.74) is 1.83. The number of thiophene rings is 1. The molecule has 2 nitrogen and oxygen atoms in total. The van der Waals surface area contributed by atoms with E-state index in [2.05, 4.69) is 58.2 Å². The van der Waals surface area contributed by atoms with E-state index >= 15 is 0 Å². The van der Waals surface area contributed by atoms with Gasteiger partial charge in [-0.05, 0) is 63.0 Å². The molecular formula is C15H19BO2S. The number of fused-ring (bicyclic) bond motifs is 1. The molecule has 1 aromatic heterocycles. The van der Waals surface area contributed by atoms with Gasteiger partial charge in [0.05, 0.1) is 11.2 Å². The molecule has 1 aliphatic heterocycles. The first kappa shape index (κ1) is 13.2. The second-order valence-corrected chi connectivity index (χ2v) is 7.16. The van der Waals surface area contributed by atoms with Crippen molar-refractivity contribution in [1.82, 2.24) is 0 Å². The molecule has 0 aliphatic carbocycles. The molecule has 100 valence electrons.